The number of rotatable bonds is 8. The number of hydrogen-bond acceptors (Lipinski definition) is 4. The molecule has 0 aliphatic carbocycles. The van der Waals surface area contributed by atoms with E-state index in [1.165, 1.54) is 12.7 Å². The summed E-state index contributed by atoms with van der Waals surface area (Å²) in [6, 6.07) is 7.86. The molecule has 5 nitrogen and oxygen atoms in total. The van der Waals surface area contributed by atoms with Crippen molar-refractivity contribution < 1.29 is 17.9 Å². The molecule has 0 spiro atoms. The molecule has 1 aromatic rings. The van der Waals surface area contributed by atoms with Crippen LogP contribution in [-0.4, -0.2) is 27.2 Å². The van der Waals surface area contributed by atoms with E-state index in [9.17, 15) is 13.2 Å². The van der Waals surface area contributed by atoms with Gasteiger partial charge >= 0.3 is 5.97 Å². The number of hydrogen-bond donors (Lipinski definition) is 1. The van der Waals surface area contributed by atoms with Gasteiger partial charge in [0.25, 0.3) is 0 Å². The highest BCUT2D eigenvalue weighted by molar-refractivity contribution is 7.89. The van der Waals surface area contributed by atoms with Crippen LogP contribution in [-0.2, 0) is 26.1 Å². The van der Waals surface area contributed by atoms with E-state index >= 15 is 0 Å². The van der Waals surface area contributed by atoms with Gasteiger partial charge in [-0.3, -0.25) is 4.79 Å². The van der Waals surface area contributed by atoms with Crippen LogP contribution in [0.15, 0.2) is 24.3 Å². The lowest BCUT2D eigenvalue weighted by atomic mass is 10.0. The molecule has 0 bridgehead atoms. The quantitative estimate of drug-likeness (QED) is 0.747. The van der Waals surface area contributed by atoms with Crippen molar-refractivity contribution in [3.63, 3.8) is 0 Å². The first kappa shape index (κ1) is 17.7. The van der Waals surface area contributed by atoms with E-state index in [2.05, 4.69) is 23.3 Å². The SMILES string of the molecule is COC(=O)CCCS(=O)(=O)NCc1ccc(C(C)C)cc1. The smallest absolute Gasteiger partial charge is 0.305 e. The lowest BCUT2D eigenvalue weighted by molar-refractivity contribution is -0.140. The van der Waals surface area contributed by atoms with E-state index in [1.54, 1.807) is 0 Å². The number of carbonyl (C=O) groups excluding carboxylic acids is 1. The molecule has 0 fully saturated rings. The van der Waals surface area contributed by atoms with E-state index in [0.717, 1.165) is 5.56 Å². The molecule has 0 aliphatic rings. The molecule has 0 saturated heterocycles. The van der Waals surface area contributed by atoms with Gasteiger partial charge in [0.1, 0.15) is 0 Å². The number of ether oxygens (including phenoxy) is 1. The molecule has 1 N–H and O–H groups in total. The minimum absolute atomic E-state index is 0.0772. The highest BCUT2D eigenvalue weighted by Crippen LogP contribution is 2.14. The maximum absolute atomic E-state index is 11.8. The standard InChI is InChI=1S/C15H23NO4S/c1-12(2)14-8-6-13(7-9-14)11-16-21(18,19)10-4-5-15(17)20-3/h6-9,12,16H,4-5,10-11H2,1-3H3. The molecule has 0 atom stereocenters. The fourth-order valence-corrected chi connectivity index (χ4v) is 2.85. The highest BCUT2D eigenvalue weighted by Gasteiger charge is 2.11. The van der Waals surface area contributed by atoms with Crippen LogP contribution in [0.3, 0.4) is 0 Å². The maximum atomic E-state index is 11.8. The van der Waals surface area contributed by atoms with Gasteiger partial charge in [-0.25, -0.2) is 13.1 Å². The zero-order chi connectivity index (χ0) is 15.9. The highest BCUT2D eigenvalue weighted by atomic mass is 32.2. The van der Waals surface area contributed by atoms with Crippen LogP contribution < -0.4 is 4.72 Å². The van der Waals surface area contributed by atoms with E-state index in [0.29, 0.717) is 5.92 Å². The molecule has 0 radical (unpaired) electrons. The molecule has 118 valence electrons. The van der Waals surface area contributed by atoms with Crippen LogP contribution in [0.1, 0.15) is 43.7 Å². The van der Waals surface area contributed by atoms with Crippen molar-refractivity contribution in [2.24, 2.45) is 0 Å². The fourth-order valence-electron chi connectivity index (χ4n) is 1.79. The van der Waals surface area contributed by atoms with Crippen molar-refractivity contribution >= 4 is 16.0 Å². The summed E-state index contributed by atoms with van der Waals surface area (Å²) in [4.78, 5) is 10.9. The summed E-state index contributed by atoms with van der Waals surface area (Å²) in [5.74, 6) is -0.0184. The number of nitrogens with one attached hydrogen (secondary N) is 1. The van der Waals surface area contributed by atoms with Gasteiger partial charge in [-0.1, -0.05) is 38.1 Å². The second-order valence-electron chi connectivity index (χ2n) is 5.22. The lowest BCUT2D eigenvalue weighted by Gasteiger charge is -2.09. The normalized spacial score (nSPS) is 11.6. The van der Waals surface area contributed by atoms with Crippen LogP contribution in [0.5, 0.6) is 0 Å². The Labute approximate surface area is 126 Å². The van der Waals surface area contributed by atoms with E-state index in [4.69, 9.17) is 0 Å². The molecule has 1 aromatic carbocycles. The molecule has 0 saturated carbocycles. The Morgan fingerprint density at radius 2 is 1.86 bits per heavy atom. The number of carbonyl (C=O) groups is 1. The monoisotopic (exact) mass is 313 g/mol. The van der Waals surface area contributed by atoms with E-state index in [-0.39, 0.29) is 25.1 Å². The average molecular weight is 313 g/mol. The number of benzene rings is 1. The van der Waals surface area contributed by atoms with Crippen molar-refractivity contribution in [3.8, 4) is 0 Å². The zero-order valence-corrected chi connectivity index (χ0v) is 13.6. The largest absolute Gasteiger partial charge is 0.469 e. The first-order chi connectivity index (χ1) is 9.84. The topological polar surface area (TPSA) is 72.5 Å². The summed E-state index contributed by atoms with van der Waals surface area (Å²) < 4.78 is 30.6. The molecular weight excluding hydrogens is 290 g/mol. The van der Waals surface area contributed by atoms with Crippen molar-refractivity contribution in [1.82, 2.24) is 4.72 Å². The van der Waals surface area contributed by atoms with Gasteiger partial charge in [-0.15, -0.1) is 0 Å². The van der Waals surface area contributed by atoms with Crippen LogP contribution in [0.2, 0.25) is 0 Å². The second kappa shape index (κ2) is 8.14. The maximum Gasteiger partial charge on any atom is 0.305 e. The van der Waals surface area contributed by atoms with Crippen molar-refractivity contribution in [3.05, 3.63) is 35.4 Å². The van der Waals surface area contributed by atoms with Gasteiger partial charge in [0.05, 0.1) is 12.9 Å². The van der Waals surface area contributed by atoms with Crippen LogP contribution in [0, 0.1) is 0 Å². The summed E-state index contributed by atoms with van der Waals surface area (Å²) in [6.07, 6.45) is 0.370. The summed E-state index contributed by atoms with van der Waals surface area (Å²) in [5, 5.41) is 0. The molecule has 6 heteroatoms. The molecule has 0 aromatic heterocycles. The summed E-state index contributed by atoms with van der Waals surface area (Å²) in [5.41, 5.74) is 2.13. The Morgan fingerprint density at radius 3 is 2.38 bits per heavy atom. The second-order valence-corrected chi connectivity index (χ2v) is 7.14. The Morgan fingerprint density at radius 1 is 1.24 bits per heavy atom. The fraction of sp³-hybridized carbons (Fsp3) is 0.533. The zero-order valence-electron chi connectivity index (χ0n) is 12.8. The van der Waals surface area contributed by atoms with Gasteiger partial charge in [-0.05, 0) is 23.5 Å². The molecule has 1 rings (SSSR count). The molecular formula is C15H23NO4S. The predicted molar refractivity (Wildman–Crippen MR) is 82.4 cm³/mol. The predicted octanol–water partition coefficient (Wildman–Crippen LogP) is 2.18. The first-order valence-corrected chi connectivity index (χ1v) is 8.62. The van der Waals surface area contributed by atoms with E-state index < -0.39 is 16.0 Å². The minimum Gasteiger partial charge on any atom is -0.469 e. The van der Waals surface area contributed by atoms with Crippen molar-refractivity contribution in [2.75, 3.05) is 12.9 Å². The van der Waals surface area contributed by atoms with Crippen molar-refractivity contribution in [1.29, 1.82) is 0 Å². The summed E-state index contributed by atoms with van der Waals surface area (Å²) in [7, 11) is -2.08. The molecule has 0 heterocycles. The number of esters is 1. The number of methoxy groups -OCH3 is 1. The van der Waals surface area contributed by atoms with Crippen LogP contribution in [0.4, 0.5) is 0 Å². The Balaban J connectivity index is 2.44. The Hall–Kier alpha value is -1.40. The Kier molecular flexibility index (Phi) is 6.84. The van der Waals surface area contributed by atoms with Crippen LogP contribution in [0.25, 0.3) is 0 Å². The third-order valence-electron chi connectivity index (χ3n) is 3.16. The molecule has 0 aliphatic heterocycles. The molecule has 0 unspecified atom stereocenters. The molecule has 0 amide bonds. The number of sulfonamides is 1. The minimum atomic E-state index is -3.37. The van der Waals surface area contributed by atoms with E-state index in [1.807, 2.05) is 24.3 Å². The summed E-state index contributed by atoms with van der Waals surface area (Å²) in [6.45, 7) is 4.48. The third-order valence-corrected chi connectivity index (χ3v) is 4.57. The molecule has 21 heavy (non-hydrogen) atoms. The average Bonchev–Trinajstić information content (AvgIpc) is 2.45. The summed E-state index contributed by atoms with van der Waals surface area (Å²) >= 11 is 0. The van der Waals surface area contributed by atoms with Gasteiger partial charge in [0.15, 0.2) is 0 Å². The Bertz CT molecular complexity index is 550. The lowest BCUT2D eigenvalue weighted by Crippen LogP contribution is -2.26. The van der Waals surface area contributed by atoms with Gasteiger partial charge in [-0.2, -0.15) is 0 Å². The first-order valence-electron chi connectivity index (χ1n) is 6.97. The van der Waals surface area contributed by atoms with Gasteiger partial charge in [0, 0.05) is 13.0 Å². The van der Waals surface area contributed by atoms with Crippen LogP contribution >= 0.6 is 0 Å². The van der Waals surface area contributed by atoms with Gasteiger partial charge in [0.2, 0.25) is 10.0 Å². The van der Waals surface area contributed by atoms with Gasteiger partial charge < -0.3 is 4.74 Å². The van der Waals surface area contributed by atoms with Crippen molar-refractivity contribution in [2.45, 2.75) is 39.2 Å². The third kappa shape index (κ3) is 6.73.